The number of sulfone groups is 1. The first-order chi connectivity index (χ1) is 7.46. The summed E-state index contributed by atoms with van der Waals surface area (Å²) in [5.74, 6) is 0.576. The summed E-state index contributed by atoms with van der Waals surface area (Å²) in [4.78, 5) is 7.88. The van der Waals surface area contributed by atoms with Crippen molar-refractivity contribution in [2.24, 2.45) is 0 Å². The Morgan fingerprint density at radius 3 is 2.44 bits per heavy atom. The van der Waals surface area contributed by atoms with Gasteiger partial charge in [-0.25, -0.2) is 13.4 Å². The molecule has 4 nitrogen and oxygen atoms in total. The van der Waals surface area contributed by atoms with Crippen molar-refractivity contribution in [2.45, 2.75) is 20.4 Å². The van der Waals surface area contributed by atoms with Gasteiger partial charge in [-0.1, -0.05) is 0 Å². The van der Waals surface area contributed by atoms with Gasteiger partial charge in [-0.2, -0.15) is 0 Å². The third-order valence-corrected chi connectivity index (χ3v) is 5.54. The molecule has 6 heteroatoms. The third-order valence-electron chi connectivity index (χ3n) is 2.87. The van der Waals surface area contributed by atoms with Gasteiger partial charge in [0, 0.05) is 18.0 Å². The second kappa shape index (κ2) is 4.43. The lowest BCUT2D eigenvalue weighted by molar-refractivity contribution is 0.287. The van der Waals surface area contributed by atoms with Crippen LogP contribution in [0.5, 0.6) is 0 Å². The maximum Gasteiger partial charge on any atom is 0.152 e. The van der Waals surface area contributed by atoms with Crippen LogP contribution in [0.4, 0.5) is 0 Å². The SMILES string of the molecule is Cc1nc(CN2CCS(=O)(=O)CC2)sc1C. The lowest BCUT2D eigenvalue weighted by Crippen LogP contribution is -2.39. The highest BCUT2D eigenvalue weighted by Gasteiger charge is 2.22. The lowest BCUT2D eigenvalue weighted by Gasteiger charge is -2.25. The van der Waals surface area contributed by atoms with Crippen LogP contribution in [0.2, 0.25) is 0 Å². The van der Waals surface area contributed by atoms with Gasteiger partial charge in [0.2, 0.25) is 0 Å². The molecule has 0 bridgehead atoms. The summed E-state index contributed by atoms with van der Waals surface area (Å²) in [7, 11) is -2.77. The van der Waals surface area contributed by atoms with Gasteiger partial charge in [-0.15, -0.1) is 11.3 Å². The summed E-state index contributed by atoms with van der Waals surface area (Å²) in [5, 5.41) is 1.09. The quantitative estimate of drug-likeness (QED) is 0.796. The van der Waals surface area contributed by atoms with E-state index in [1.165, 1.54) is 4.88 Å². The molecule has 0 aliphatic carbocycles. The van der Waals surface area contributed by atoms with Crippen LogP contribution in [-0.4, -0.2) is 42.9 Å². The first-order valence-corrected chi connectivity index (χ1v) is 7.96. The molecule has 0 saturated carbocycles. The summed E-state index contributed by atoms with van der Waals surface area (Å²) < 4.78 is 22.5. The maximum absolute atomic E-state index is 11.3. The molecule has 1 aromatic heterocycles. The summed E-state index contributed by atoms with van der Waals surface area (Å²) in [6, 6.07) is 0. The molecule has 0 spiro atoms. The Hall–Kier alpha value is -0.460. The molecule has 0 amide bonds. The predicted octanol–water partition coefficient (Wildman–Crippen LogP) is 0.990. The van der Waals surface area contributed by atoms with Crippen molar-refractivity contribution >= 4 is 21.2 Å². The molecule has 1 fully saturated rings. The highest BCUT2D eigenvalue weighted by atomic mass is 32.2. The summed E-state index contributed by atoms with van der Waals surface area (Å²) in [6.45, 7) is 6.14. The Labute approximate surface area is 100 Å². The molecular weight excluding hydrogens is 244 g/mol. The van der Waals surface area contributed by atoms with Gasteiger partial charge in [-0.3, -0.25) is 4.90 Å². The molecule has 0 N–H and O–H groups in total. The van der Waals surface area contributed by atoms with Gasteiger partial charge >= 0.3 is 0 Å². The van der Waals surface area contributed by atoms with Crippen molar-refractivity contribution < 1.29 is 8.42 Å². The zero-order valence-electron chi connectivity index (χ0n) is 9.56. The molecule has 1 aliphatic heterocycles. The van der Waals surface area contributed by atoms with E-state index in [-0.39, 0.29) is 11.5 Å². The highest BCUT2D eigenvalue weighted by Crippen LogP contribution is 2.18. The van der Waals surface area contributed by atoms with E-state index in [9.17, 15) is 8.42 Å². The van der Waals surface area contributed by atoms with Crippen molar-refractivity contribution in [1.29, 1.82) is 0 Å². The molecule has 2 rings (SSSR count). The van der Waals surface area contributed by atoms with E-state index >= 15 is 0 Å². The van der Waals surface area contributed by atoms with E-state index < -0.39 is 9.84 Å². The van der Waals surface area contributed by atoms with E-state index in [0.29, 0.717) is 13.1 Å². The smallest absolute Gasteiger partial charge is 0.152 e. The highest BCUT2D eigenvalue weighted by molar-refractivity contribution is 7.91. The van der Waals surface area contributed by atoms with Crippen LogP contribution in [0.15, 0.2) is 0 Å². The standard InChI is InChI=1S/C10H16N2O2S2/c1-8-9(2)15-10(11-8)7-12-3-5-16(13,14)6-4-12/h3-7H2,1-2H3. The van der Waals surface area contributed by atoms with Gasteiger partial charge in [0.25, 0.3) is 0 Å². The average Bonchev–Trinajstić information content (AvgIpc) is 2.50. The minimum atomic E-state index is -2.77. The van der Waals surface area contributed by atoms with Crippen LogP contribution in [-0.2, 0) is 16.4 Å². The number of hydrogen-bond donors (Lipinski definition) is 0. The second-order valence-electron chi connectivity index (χ2n) is 4.18. The van der Waals surface area contributed by atoms with E-state index in [1.54, 1.807) is 11.3 Å². The summed E-state index contributed by atoms with van der Waals surface area (Å²) in [5.41, 5.74) is 1.09. The van der Waals surface area contributed by atoms with Crippen LogP contribution < -0.4 is 0 Å². The van der Waals surface area contributed by atoms with Crippen molar-refractivity contribution in [3.63, 3.8) is 0 Å². The van der Waals surface area contributed by atoms with Crippen LogP contribution in [0.3, 0.4) is 0 Å². The van der Waals surface area contributed by atoms with Gasteiger partial charge < -0.3 is 0 Å². The molecule has 0 atom stereocenters. The molecule has 2 heterocycles. The van der Waals surface area contributed by atoms with E-state index in [4.69, 9.17) is 0 Å². The Morgan fingerprint density at radius 1 is 1.31 bits per heavy atom. The van der Waals surface area contributed by atoms with Crippen LogP contribution >= 0.6 is 11.3 Å². The monoisotopic (exact) mass is 260 g/mol. The normalized spacial score (nSPS) is 21.1. The minimum Gasteiger partial charge on any atom is -0.295 e. The maximum atomic E-state index is 11.3. The molecule has 1 saturated heterocycles. The lowest BCUT2D eigenvalue weighted by atomic mass is 10.4. The first-order valence-electron chi connectivity index (χ1n) is 5.32. The number of rotatable bonds is 2. The first kappa shape index (κ1) is 12.0. The Kier molecular flexibility index (Phi) is 3.32. The van der Waals surface area contributed by atoms with Crippen LogP contribution in [0.25, 0.3) is 0 Å². The molecule has 16 heavy (non-hydrogen) atoms. The Morgan fingerprint density at radius 2 is 1.94 bits per heavy atom. The predicted molar refractivity (Wildman–Crippen MR) is 65.5 cm³/mol. The number of thiazole rings is 1. The molecule has 0 radical (unpaired) electrons. The number of aryl methyl sites for hydroxylation is 2. The second-order valence-corrected chi connectivity index (χ2v) is 7.77. The van der Waals surface area contributed by atoms with Crippen LogP contribution in [0.1, 0.15) is 15.6 Å². The van der Waals surface area contributed by atoms with Crippen molar-refractivity contribution in [1.82, 2.24) is 9.88 Å². The van der Waals surface area contributed by atoms with Gasteiger partial charge in [0.1, 0.15) is 5.01 Å². The van der Waals surface area contributed by atoms with E-state index in [0.717, 1.165) is 17.2 Å². The average molecular weight is 260 g/mol. The zero-order chi connectivity index (χ0) is 11.8. The fourth-order valence-corrected chi connectivity index (χ4v) is 3.96. The van der Waals surface area contributed by atoms with Crippen molar-refractivity contribution in [3.05, 3.63) is 15.6 Å². The fourth-order valence-electron chi connectivity index (χ4n) is 1.71. The van der Waals surface area contributed by atoms with Crippen molar-refractivity contribution in [2.75, 3.05) is 24.6 Å². The fraction of sp³-hybridized carbons (Fsp3) is 0.700. The topological polar surface area (TPSA) is 50.3 Å². The number of nitrogens with zero attached hydrogens (tertiary/aromatic N) is 2. The van der Waals surface area contributed by atoms with Gasteiger partial charge in [0.15, 0.2) is 9.84 Å². The van der Waals surface area contributed by atoms with E-state index in [1.807, 2.05) is 6.92 Å². The minimum absolute atomic E-state index is 0.288. The number of hydrogen-bond acceptors (Lipinski definition) is 5. The largest absolute Gasteiger partial charge is 0.295 e. The van der Waals surface area contributed by atoms with E-state index in [2.05, 4.69) is 16.8 Å². The Balaban J connectivity index is 1.97. The molecule has 0 aromatic carbocycles. The van der Waals surface area contributed by atoms with Gasteiger partial charge in [-0.05, 0) is 13.8 Å². The van der Waals surface area contributed by atoms with Gasteiger partial charge in [0.05, 0.1) is 23.7 Å². The molecule has 1 aromatic rings. The third kappa shape index (κ3) is 2.81. The number of aromatic nitrogens is 1. The van der Waals surface area contributed by atoms with Crippen molar-refractivity contribution in [3.8, 4) is 0 Å². The molecule has 90 valence electrons. The Bertz CT molecular complexity index is 446. The molecule has 0 unspecified atom stereocenters. The molecule has 1 aliphatic rings. The summed E-state index contributed by atoms with van der Waals surface area (Å²) in [6.07, 6.45) is 0. The van der Waals surface area contributed by atoms with Crippen LogP contribution in [0, 0.1) is 13.8 Å². The zero-order valence-corrected chi connectivity index (χ0v) is 11.2. The molecular formula is C10H16N2O2S2. The summed E-state index contributed by atoms with van der Waals surface area (Å²) >= 11 is 1.71.